The van der Waals surface area contributed by atoms with E-state index >= 15 is 0 Å². The Morgan fingerprint density at radius 1 is 0.808 bits per heavy atom. The van der Waals surface area contributed by atoms with Crippen LogP contribution in [0, 0.1) is 0 Å². The highest BCUT2D eigenvalue weighted by Gasteiger charge is 2.46. The Hall–Kier alpha value is -1.80. The average Bonchev–Trinajstić information content (AvgIpc) is 2.85. The summed E-state index contributed by atoms with van der Waals surface area (Å²) >= 11 is 0. The van der Waals surface area contributed by atoms with Crippen molar-refractivity contribution in [2.75, 3.05) is 13.2 Å². The van der Waals surface area contributed by atoms with E-state index in [4.69, 9.17) is 18.9 Å². The number of hydrogen-bond acceptors (Lipinski definition) is 6. The molecule has 6 heteroatoms. The highest BCUT2D eigenvalue weighted by Crippen LogP contribution is 2.36. The van der Waals surface area contributed by atoms with Crippen molar-refractivity contribution in [3.05, 3.63) is 71.8 Å². The second kappa shape index (κ2) is 7.84. The Kier molecular flexibility index (Phi) is 5.31. The minimum Gasteiger partial charge on any atom is -0.394 e. The molecule has 6 nitrogen and oxygen atoms in total. The third-order valence-corrected chi connectivity index (χ3v) is 4.70. The van der Waals surface area contributed by atoms with Crippen LogP contribution in [0.1, 0.15) is 23.7 Å². The molecule has 2 N–H and O–H groups in total. The second-order valence-corrected chi connectivity index (χ2v) is 6.44. The highest BCUT2D eigenvalue weighted by atomic mass is 16.8. The normalized spacial score (nSPS) is 34.7. The van der Waals surface area contributed by atoms with Crippen molar-refractivity contribution < 1.29 is 29.2 Å². The maximum atomic E-state index is 10.7. The van der Waals surface area contributed by atoms with Crippen LogP contribution in [0.25, 0.3) is 0 Å². The van der Waals surface area contributed by atoms with Gasteiger partial charge in [0.15, 0.2) is 12.6 Å². The van der Waals surface area contributed by atoms with Gasteiger partial charge >= 0.3 is 0 Å². The summed E-state index contributed by atoms with van der Waals surface area (Å²) in [5.41, 5.74) is 1.67. The van der Waals surface area contributed by atoms with Gasteiger partial charge in [-0.2, -0.15) is 0 Å². The molecule has 26 heavy (non-hydrogen) atoms. The molecule has 2 heterocycles. The van der Waals surface area contributed by atoms with E-state index in [2.05, 4.69) is 0 Å². The molecule has 0 amide bonds. The van der Waals surface area contributed by atoms with Gasteiger partial charge in [0.25, 0.3) is 0 Å². The Balaban J connectivity index is 1.57. The first-order chi connectivity index (χ1) is 12.8. The molecule has 2 fully saturated rings. The maximum absolute atomic E-state index is 10.7. The summed E-state index contributed by atoms with van der Waals surface area (Å²) in [5, 5.41) is 20.4. The number of fused-ring (bicyclic) bond motifs is 1. The smallest absolute Gasteiger partial charge is 0.184 e. The summed E-state index contributed by atoms with van der Waals surface area (Å²) in [4.78, 5) is 0. The van der Waals surface area contributed by atoms with Gasteiger partial charge in [0.2, 0.25) is 0 Å². The number of hydrogen-bond donors (Lipinski definition) is 2. The monoisotopic (exact) mass is 358 g/mol. The molecular formula is C20H22O6. The third-order valence-electron chi connectivity index (χ3n) is 4.70. The summed E-state index contributed by atoms with van der Waals surface area (Å²) in [6.07, 6.45) is -4.33. The molecule has 0 saturated carbocycles. The fourth-order valence-electron chi connectivity index (χ4n) is 3.31. The first-order valence-corrected chi connectivity index (χ1v) is 8.73. The van der Waals surface area contributed by atoms with Gasteiger partial charge in [-0.05, 0) is 0 Å². The van der Waals surface area contributed by atoms with Crippen molar-refractivity contribution >= 4 is 0 Å². The van der Waals surface area contributed by atoms with Crippen LogP contribution in [-0.4, -0.2) is 47.8 Å². The van der Waals surface area contributed by atoms with Crippen LogP contribution < -0.4 is 0 Å². The van der Waals surface area contributed by atoms with E-state index in [1.807, 2.05) is 60.7 Å². The lowest BCUT2D eigenvalue weighted by atomic mass is 10.0. The zero-order valence-electron chi connectivity index (χ0n) is 14.2. The van der Waals surface area contributed by atoms with Crippen LogP contribution in [0.3, 0.4) is 0 Å². The van der Waals surface area contributed by atoms with Gasteiger partial charge in [0.05, 0.1) is 13.2 Å². The van der Waals surface area contributed by atoms with E-state index in [0.717, 1.165) is 11.1 Å². The Labute approximate surface area is 151 Å². The molecule has 2 aliphatic rings. The van der Waals surface area contributed by atoms with Crippen LogP contribution in [-0.2, 0) is 18.9 Å². The number of aliphatic hydroxyl groups is 2. The Morgan fingerprint density at radius 2 is 1.42 bits per heavy atom. The van der Waals surface area contributed by atoms with Crippen LogP contribution in [0.4, 0.5) is 0 Å². The molecule has 2 aliphatic heterocycles. The van der Waals surface area contributed by atoms with Crippen LogP contribution >= 0.6 is 0 Å². The quantitative estimate of drug-likeness (QED) is 0.873. The lowest BCUT2D eigenvalue weighted by Gasteiger charge is -2.37. The fourth-order valence-corrected chi connectivity index (χ4v) is 3.31. The third kappa shape index (κ3) is 3.53. The fraction of sp³-hybridized carbons (Fsp3) is 0.400. The molecule has 0 aliphatic carbocycles. The van der Waals surface area contributed by atoms with Gasteiger partial charge in [-0.15, -0.1) is 0 Å². The maximum Gasteiger partial charge on any atom is 0.184 e. The van der Waals surface area contributed by atoms with E-state index in [1.54, 1.807) is 0 Å². The molecule has 0 bridgehead atoms. The van der Waals surface area contributed by atoms with Crippen molar-refractivity contribution in [2.24, 2.45) is 0 Å². The molecule has 2 saturated heterocycles. The predicted molar refractivity (Wildman–Crippen MR) is 92.0 cm³/mol. The van der Waals surface area contributed by atoms with Gasteiger partial charge in [0, 0.05) is 11.1 Å². The average molecular weight is 358 g/mol. The van der Waals surface area contributed by atoms with Crippen LogP contribution in [0.15, 0.2) is 60.7 Å². The first kappa shape index (κ1) is 17.6. The van der Waals surface area contributed by atoms with E-state index in [9.17, 15) is 10.2 Å². The van der Waals surface area contributed by atoms with E-state index < -0.39 is 37.0 Å². The standard InChI is InChI=1S/C20H22O6/c21-11-15-17(22)18-16(25-20(24-15)14-9-5-2-6-10-14)12-23-19(26-18)13-7-3-1-4-8-13/h1-10,15-22H,11-12H2/t15-,16+,17-,18-,19?,20?/m0/s1. The molecule has 2 aromatic rings. The minimum atomic E-state index is -1.03. The molecule has 4 rings (SSSR count). The van der Waals surface area contributed by atoms with Gasteiger partial charge in [0.1, 0.15) is 24.4 Å². The van der Waals surface area contributed by atoms with Crippen molar-refractivity contribution in [1.29, 1.82) is 0 Å². The summed E-state index contributed by atoms with van der Waals surface area (Å²) in [6.45, 7) is -0.0799. The molecule has 2 unspecified atom stereocenters. The van der Waals surface area contributed by atoms with Gasteiger partial charge in [-0.25, -0.2) is 0 Å². The minimum absolute atomic E-state index is 0.256. The Morgan fingerprint density at radius 3 is 2.04 bits per heavy atom. The highest BCUT2D eigenvalue weighted by molar-refractivity contribution is 5.18. The van der Waals surface area contributed by atoms with Crippen LogP contribution in [0.5, 0.6) is 0 Å². The van der Waals surface area contributed by atoms with E-state index in [0.29, 0.717) is 0 Å². The summed E-state index contributed by atoms with van der Waals surface area (Å²) < 4.78 is 23.7. The van der Waals surface area contributed by atoms with Crippen molar-refractivity contribution in [2.45, 2.75) is 37.0 Å². The van der Waals surface area contributed by atoms with Gasteiger partial charge in [-0.3, -0.25) is 0 Å². The summed E-state index contributed by atoms with van der Waals surface area (Å²) in [6, 6.07) is 19.0. The molecule has 0 radical (unpaired) electrons. The molecule has 0 aromatic heterocycles. The SMILES string of the molecule is OC[C@@H]1OC(c2ccccc2)O[C@@H]2COC(c3ccccc3)O[C@@H]2[C@H]1O. The van der Waals surface area contributed by atoms with E-state index in [-0.39, 0.29) is 13.2 Å². The number of rotatable bonds is 3. The Bertz CT molecular complexity index is 694. The van der Waals surface area contributed by atoms with Gasteiger partial charge < -0.3 is 29.2 Å². The largest absolute Gasteiger partial charge is 0.394 e. The molecule has 6 atom stereocenters. The van der Waals surface area contributed by atoms with Crippen LogP contribution in [0.2, 0.25) is 0 Å². The topological polar surface area (TPSA) is 77.4 Å². The molecular weight excluding hydrogens is 336 g/mol. The lowest BCUT2D eigenvalue weighted by Crippen LogP contribution is -2.51. The van der Waals surface area contributed by atoms with Crippen molar-refractivity contribution in [3.8, 4) is 0 Å². The molecule has 138 valence electrons. The van der Waals surface area contributed by atoms with Crippen molar-refractivity contribution in [1.82, 2.24) is 0 Å². The number of benzene rings is 2. The number of aliphatic hydroxyl groups excluding tert-OH is 2. The predicted octanol–water partition coefficient (Wildman–Crippen LogP) is 1.94. The van der Waals surface area contributed by atoms with E-state index in [1.165, 1.54) is 0 Å². The number of ether oxygens (including phenoxy) is 4. The summed E-state index contributed by atoms with van der Waals surface area (Å²) in [5.74, 6) is 0. The zero-order valence-corrected chi connectivity index (χ0v) is 14.2. The zero-order chi connectivity index (χ0) is 17.9. The van der Waals surface area contributed by atoms with Gasteiger partial charge in [-0.1, -0.05) is 60.7 Å². The molecule has 2 aromatic carbocycles. The second-order valence-electron chi connectivity index (χ2n) is 6.44. The summed E-state index contributed by atoms with van der Waals surface area (Å²) in [7, 11) is 0. The lowest BCUT2D eigenvalue weighted by molar-refractivity contribution is -0.289. The first-order valence-electron chi connectivity index (χ1n) is 8.73. The molecule has 0 spiro atoms. The van der Waals surface area contributed by atoms with Crippen molar-refractivity contribution in [3.63, 3.8) is 0 Å².